The molecule has 0 aliphatic heterocycles. The Labute approximate surface area is 122 Å². The maximum atomic E-state index is 5.55. The molecule has 0 saturated heterocycles. The molecule has 102 valence electrons. The van der Waals surface area contributed by atoms with Crippen LogP contribution in [0.1, 0.15) is 25.5 Å². The molecule has 3 nitrogen and oxygen atoms in total. The number of methoxy groups -OCH3 is 1. The molecule has 1 N–H and O–H groups in total. The molecule has 1 aromatic carbocycles. The van der Waals surface area contributed by atoms with Crippen molar-refractivity contribution in [3.05, 3.63) is 28.4 Å². The van der Waals surface area contributed by atoms with Gasteiger partial charge in [0.15, 0.2) is 5.75 Å². The number of unbranched alkanes of at least 4 members (excludes halogenated alkanes) is 1. The second kappa shape index (κ2) is 6.24. The van der Waals surface area contributed by atoms with Crippen molar-refractivity contribution in [2.24, 2.45) is 0 Å². The molecule has 0 spiro atoms. The Kier molecular flexibility index (Phi) is 4.64. The summed E-state index contributed by atoms with van der Waals surface area (Å²) in [5.74, 6) is 0.818. The Morgan fingerprint density at radius 3 is 2.84 bits per heavy atom. The highest BCUT2D eigenvalue weighted by Crippen LogP contribution is 2.37. The SMILES string of the molecule is CCCCNc1cc(Br)c2ccc(C)nc2c1OC. The van der Waals surface area contributed by atoms with Gasteiger partial charge in [-0.2, -0.15) is 0 Å². The third kappa shape index (κ3) is 3.00. The Balaban J connectivity index is 2.51. The van der Waals surface area contributed by atoms with E-state index in [-0.39, 0.29) is 0 Å². The van der Waals surface area contributed by atoms with Gasteiger partial charge in [-0.15, -0.1) is 0 Å². The van der Waals surface area contributed by atoms with Crippen molar-refractivity contribution in [1.82, 2.24) is 4.98 Å². The number of pyridine rings is 1. The number of nitrogens with one attached hydrogen (secondary N) is 1. The monoisotopic (exact) mass is 322 g/mol. The number of nitrogens with zero attached hydrogens (tertiary/aromatic N) is 1. The first kappa shape index (κ1) is 14.1. The van der Waals surface area contributed by atoms with E-state index in [0.717, 1.165) is 45.5 Å². The van der Waals surface area contributed by atoms with Gasteiger partial charge in [0.25, 0.3) is 0 Å². The maximum Gasteiger partial charge on any atom is 0.168 e. The summed E-state index contributed by atoms with van der Waals surface area (Å²) in [7, 11) is 1.69. The fourth-order valence-corrected chi connectivity index (χ4v) is 2.61. The van der Waals surface area contributed by atoms with E-state index in [1.165, 1.54) is 6.42 Å². The average molecular weight is 323 g/mol. The number of rotatable bonds is 5. The van der Waals surface area contributed by atoms with Crippen molar-refractivity contribution >= 4 is 32.5 Å². The van der Waals surface area contributed by atoms with E-state index in [9.17, 15) is 0 Å². The van der Waals surface area contributed by atoms with Crippen LogP contribution in [0, 0.1) is 6.92 Å². The number of ether oxygens (including phenoxy) is 1. The Morgan fingerprint density at radius 2 is 2.16 bits per heavy atom. The zero-order chi connectivity index (χ0) is 13.8. The average Bonchev–Trinajstić information content (AvgIpc) is 2.39. The molecule has 0 aliphatic rings. The predicted octanol–water partition coefficient (Wildman–Crippen LogP) is 4.53. The lowest BCUT2D eigenvalue weighted by molar-refractivity contribution is 0.420. The van der Waals surface area contributed by atoms with Gasteiger partial charge in [0, 0.05) is 22.1 Å². The smallest absolute Gasteiger partial charge is 0.168 e. The van der Waals surface area contributed by atoms with Gasteiger partial charge in [-0.25, -0.2) is 4.98 Å². The number of anilines is 1. The normalized spacial score (nSPS) is 10.7. The molecule has 0 bridgehead atoms. The van der Waals surface area contributed by atoms with Crippen LogP contribution in [0.2, 0.25) is 0 Å². The molecule has 0 radical (unpaired) electrons. The molecule has 0 aliphatic carbocycles. The summed E-state index contributed by atoms with van der Waals surface area (Å²) in [5.41, 5.74) is 2.88. The topological polar surface area (TPSA) is 34.2 Å². The minimum Gasteiger partial charge on any atom is -0.492 e. The number of halogens is 1. The molecule has 0 saturated carbocycles. The van der Waals surface area contributed by atoms with Crippen molar-refractivity contribution in [2.75, 3.05) is 19.0 Å². The van der Waals surface area contributed by atoms with E-state index in [2.05, 4.69) is 45.3 Å². The van der Waals surface area contributed by atoms with Crippen LogP contribution >= 0.6 is 15.9 Å². The van der Waals surface area contributed by atoms with Gasteiger partial charge in [0.05, 0.1) is 12.8 Å². The van der Waals surface area contributed by atoms with Gasteiger partial charge >= 0.3 is 0 Å². The minimum absolute atomic E-state index is 0.818. The summed E-state index contributed by atoms with van der Waals surface area (Å²) < 4.78 is 6.59. The van der Waals surface area contributed by atoms with Crippen LogP contribution in [-0.4, -0.2) is 18.6 Å². The molecule has 0 atom stereocenters. The molecule has 19 heavy (non-hydrogen) atoms. The lowest BCUT2D eigenvalue weighted by Gasteiger charge is -2.14. The Hall–Kier alpha value is -1.29. The zero-order valence-electron chi connectivity index (χ0n) is 11.6. The number of hydrogen-bond donors (Lipinski definition) is 1. The third-order valence-corrected chi connectivity index (χ3v) is 3.73. The Bertz CT molecular complexity index is 584. The van der Waals surface area contributed by atoms with Gasteiger partial charge in [-0.05, 0) is 31.5 Å². The quantitative estimate of drug-likeness (QED) is 0.821. The van der Waals surface area contributed by atoms with E-state index in [4.69, 9.17) is 4.74 Å². The minimum atomic E-state index is 0.818. The summed E-state index contributed by atoms with van der Waals surface area (Å²) in [6.45, 7) is 5.11. The molecule has 2 rings (SSSR count). The number of benzene rings is 1. The van der Waals surface area contributed by atoms with Crippen molar-refractivity contribution in [3.63, 3.8) is 0 Å². The van der Waals surface area contributed by atoms with Crippen LogP contribution < -0.4 is 10.1 Å². The summed E-state index contributed by atoms with van der Waals surface area (Å²) >= 11 is 3.61. The first-order chi connectivity index (χ1) is 9.17. The van der Waals surface area contributed by atoms with E-state index in [0.29, 0.717) is 0 Å². The van der Waals surface area contributed by atoms with Crippen LogP contribution in [0.25, 0.3) is 10.9 Å². The van der Waals surface area contributed by atoms with Crippen LogP contribution in [-0.2, 0) is 0 Å². The molecule has 0 fully saturated rings. The van der Waals surface area contributed by atoms with Gasteiger partial charge in [0.1, 0.15) is 5.52 Å². The predicted molar refractivity (Wildman–Crippen MR) is 84.1 cm³/mol. The largest absolute Gasteiger partial charge is 0.492 e. The number of aromatic nitrogens is 1. The van der Waals surface area contributed by atoms with Crippen LogP contribution in [0.4, 0.5) is 5.69 Å². The summed E-state index contributed by atoms with van der Waals surface area (Å²) in [4.78, 5) is 4.60. The second-order valence-corrected chi connectivity index (χ2v) is 5.42. The highest BCUT2D eigenvalue weighted by Gasteiger charge is 2.12. The standard InChI is InChI=1S/C15H19BrN2O/c1-4-5-8-17-13-9-12(16)11-7-6-10(2)18-14(11)15(13)19-3/h6-7,9,17H,4-5,8H2,1-3H3. The van der Waals surface area contributed by atoms with Gasteiger partial charge in [-0.3, -0.25) is 0 Å². The lowest BCUT2D eigenvalue weighted by atomic mass is 10.1. The molecule has 2 aromatic rings. The maximum absolute atomic E-state index is 5.55. The van der Waals surface area contributed by atoms with Crippen LogP contribution in [0.5, 0.6) is 5.75 Å². The highest BCUT2D eigenvalue weighted by molar-refractivity contribution is 9.10. The van der Waals surface area contributed by atoms with Gasteiger partial charge < -0.3 is 10.1 Å². The fourth-order valence-electron chi connectivity index (χ4n) is 2.06. The van der Waals surface area contributed by atoms with E-state index in [1.54, 1.807) is 7.11 Å². The lowest BCUT2D eigenvalue weighted by Crippen LogP contribution is -2.04. The molecule has 1 heterocycles. The second-order valence-electron chi connectivity index (χ2n) is 4.57. The molecule has 4 heteroatoms. The molecular weight excluding hydrogens is 304 g/mol. The highest BCUT2D eigenvalue weighted by atomic mass is 79.9. The first-order valence-corrected chi connectivity index (χ1v) is 7.34. The molecule has 0 amide bonds. The number of fused-ring (bicyclic) bond motifs is 1. The van der Waals surface area contributed by atoms with Crippen LogP contribution in [0.15, 0.2) is 22.7 Å². The van der Waals surface area contributed by atoms with Gasteiger partial charge in [0.2, 0.25) is 0 Å². The van der Waals surface area contributed by atoms with Gasteiger partial charge in [-0.1, -0.05) is 29.3 Å². The Morgan fingerprint density at radius 1 is 1.37 bits per heavy atom. The van der Waals surface area contributed by atoms with E-state index >= 15 is 0 Å². The summed E-state index contributed by atoms with van der Waals surface area (Å²) in [6.07, 6.45) is 2.31. The first-order valence-electron chi connectivity index (χ1n) is 6.55. The summed E-state index contributed by atoms with van der Waals surface area (Å²) in [6, 6.07) is 6.14. The third-order valence-electron chi connectivity index (χ3n) is 3.07. The van der Waals surface area contributed by atoms with Crippen molar-refractivity contribution in [1.29, 1.82) is 0 Å². The van der Waals surface area contributed by atoms with Crippen molar-refractivity contribution in [2.45, 2.75) is 26.7 Å². The van der Waals surface area contributed by atoms with E-state index in [1.807, 2.05) is 13.0 Å². The molecule has 1 aromatic heterocycles. The molecule has 0 unspecified atom stereocenters. The van der Waals surface area contributed by atoms with E-state index < -0.39 is 0 Å². The summed E-state index contributed by atoms with van der Waals surface area (Å²) in [5, 5.41) is 4.50. The van der Waals surface area contributed by atoms with Crippen molar-refractivity contribution in [3.8, 4) is 5.75 Å². The van der Waals surface area contributed by atoms with Crippen molar-refractivity contribution < 1.29 is 4.74 Å². The number of aryl methyl sites for hydroxylation is 1. The van der Waals surface area contributed by atoms with Crippen LogP contribution in [0.3, 0.4) is 0 Å². The zero-order valence-corrected chi connectivity index (χ0v) is 13.2. The number of hydrogen-bond acceptors (Lipinski definition) is 3. The molecular formula is C15H19BrN2O. The fraction of sp³-hybridized carbons (Fsp3) is 0.400.